The zero-order valence-electron chi connectivity index (χ0n) is 17.4. The van der Waals surface area contributed by atoms with Crippen LogP contribution in [0.4, 0.5) is 13.2 Å². The van der Waals surface area contributed by atoms with Crippen molar-refractivity contribution < 1.29 is 32.2 Å². The van der Waals surface area contributed by atoms with Gasteiger partial charge in [0, 0.05) is 11.1 Å². The maximum absolute atomic E-state index is 12.7. The van der Waals surface area contributed by atoms with Crippen molar-refractivity contribution in [1.82, 2.24) is 0 Å². The molecule has 3 aromatic rings. The van der Waals surface area contributed by atoms with E-state index in [4.69, 9.17) is 14.3 Å². The summed E-state index contributed by atoms with van der Waals surface area (Å²) in [5.74, 6) is 0.431. The van der Waals surface area contributed by atoms with E-state index in [0.29, 0.717) is 29.3 Å². The fourth-order valence-corrected chi connectivity index (χ4v) is 3.19. The number of carboxylic acid groups (broad SMARTS) is 1. The summed E-state index contributed by atoms with van der Waals surface area (Å²) in [5, 5.41) is 9.08. The maximum atomic E-state index is 12.7. The number of alkyl halides is 3. The summed E-state index contributed by atoms with van der Waals surface area (Å²) in [6.45, 7) is 5.58. The van der Waals surface area contributed by atoms with Crippen LogP contribution < -0.4 is 4.74 Å². The molecule has 1 unspecified atom stereocenters. The van der Waals surface area contributed by atoms with Gasteiger partial charge in [-0.1, -0.05) is 25.1 Å². The van der Waals surface area contributed by atoms with Crippen molar-refractivity contribution in [1.29, 1.82) is 0 Å². The second-order valence-electron chi connectivity index (χ2n) is 7.59. The van der Waals surface area contributed by atoms with Crippen molar-refractivity contribution in [2.75, 3.05) is 0 Å². The van der Waals surface area contributed by atoms with Crippen LogP contribution in [0, 0.1) is 19.8 Å². The molecule has 4 nitrogen and oxygen atoms in total. The molecule has 0 saturated carbocycles. The van der Waals surface area contributed by atoms with Crippen LogP contribution in [0.15, 0.2) is 52.9 Å². The summed E-state index contributed by atoms with van der Waals surface area (Å²) in [7, 11) is 0. The molecule has 1 heterocycles. The number of benzene rings is 2. The first-order chi connectivity index (χ1) is 14.5. The van der Waals surface area contributed by atoms with Crippen LogP contribution in [0.1, 0.15) is 34.9 Å². The molecule has 0 saturated heterocycles. The van der Waals surface area contributed by atoms with E-state index in [2.05, 4.69) is 0 Å². The van der Waals surface area contributed by atoms with Gasteiger partial charge in [-0.3, -0.25) is 4.79 Å². The summed E-state index contributed by atoms with van der Waals surface area (Å²) >= 11 is 0. The van der Waals surface area contributed by atoms with Gasteiger partial charge in [-0.2, -0.15) is 13.2 Å². The number of furan rings is 1. The standard InChI is InChI=1S/C24H23F3O4/c1-14-11-21(9-6-18(14)10-15(2)23(28)29)30-13-19-12-22(31-16(19)3)17-4-7-20(8-5-17)24(25,26)27/h4-9,11-12,15H,10,13H2,1-3H3,(H,28,29). The minimum atomic E-state index is -4.38. The molecular weight excluding hydrogens is 409 g/mol. The molecule has 1 atom stereocenters. The van der Waals surface area contributed by atoms with Gasteiger partial charge < -0.3 is 14.3 Å². The Morgan fingerprint density at radius 1 is 1.06 bits per heavy atom. The monoisotopic (exact) mass is 432 g/mol. The molecule has 31 heavy (non-hydrogen) atoms. The van der Waals surface area contributed by atoms with E-state index in [1.807, 2.05) is 19.1 Å². The average Bonchev–Trinajstić information content (AvgIpc) is 3.08. The SMILES string of the molecule is Cc1cc(OCc2cc(-c3ccc(C(F)(F)F)cc3)oc2C)ccc1CC(C)C(=O)O. The number of carboxylic acids is 1. The summed E-state index contributed by atoms with van der Waals surface area (Å²) in [4.78, 5) is 11.1. The lowest BCUT2D eigenvalue weighted by Crippen LogP contribution is -2.12. The molecule has 3 rings (SSSR count). The Kier molecular flexibility index (Phi) is 6.43. The molecule has 164 valence electrons. The van der Waals surface area contributed by atoms with Crippen molar-refractivity contribution in [2.24, 2.45) is 5.92 Å². The molecule has 0 radical (unpaired) electrons. The Morgan fingerprint density at radius 3 is 2.32 bits per heavy atom. The van der Waals surface area contributed by atoms with E-state index in [1.165, 1.54) is 12.1 Å². The van der Waals surface area contributed by atoms with E-state index in [0.717, 1.165) is 28.8 Å². The number of halogens is 3. The van der Waals surface area contributed by atoms with Crippen LogP contribution in [0.3, 0.4) is 0 Å². The van der Waals surface area contributed by atoms with Crippen LogP contribution >= 0.6 is 0 Å². The number of ether oxygens (including phenoxy) is 1. The van der Waals surface area contributed by atoms with Crippen molar-refractivity contribution in [3.63, 3.8) is 0 Å². The van der Waals surface area contributed by atoms with Crippen molar-refractivity contribution in [2.45, 2.75) is 40.0 Å². The largest absolute Gasteiger partial charge is 0.489 e. The number of hydrogen-bond donors (Lipinski definition) is 1. The second kappa shape index (κ2) is 8.88. The van der Waals surface area contributed by atoms with Gasteiger partial charge in [0.25, 0.3) is 0 Å². The van der Waals surface area contributed by atoms with Crippen LogP contribution in [-0.2, 0) is 24.0 Å². The van der Waals surface area contributed by atoms with Crippen LogP contribution in [-0.4, -0.2) is 11.1 Å². The van der Waals surface area contributed by atoms with Crippen LogP contribution in [0.25, 0.3) is 11.3 Å². The van der Waals surface area contributed by atoms with Gasteiger partial charge in [-0.25, -0.2) is 0 Å². The Hall–Kier alpha value is -3.22. The first-order valence-electron chi connectivity index (χ1n) is 9.76. The van der Waals surface area contributed by atoms with Crippen molar-refractivity contribution in [3.05, 3.63) is 76.5 Å². The lowest BCUT2D eigenvalue weighted by atomic mass is 9.97. The molecule has 7 heteroatoms. The summed E-state index contributed by atoms with van der Waals surface area (Å²) in [6, 6.07) is 12.1. The first kappa shape index (κ1) is 22.5. The highest BCUT2D eigenvalue weighted by Crippen LogP contribution is 2.32. The molecule has 0 spiro atoms. The van der Waals surface area contributed by atoms with Gasteiger partial charge in [0.1, 0.15) is 23.9 Å². The fraction of sp³-hybridized carbons (Fsp3) is 0.292. The normalized spacial score (nSPS) is 12.6. The summed E-state index contributed by atoms with van der Waals surface area (Å²) in [6.07, 6.45) is -3.94. The van der Waals surface area contributed by atoms with Gasteiger partial charge in [0.2, 0.25) is 0 Å². The van der Waals surface area contributed by atoms with E-state index in [-0.39, 0.29) is 6.61 Å². The number of aliphatic carboxylic acids is 1. The highest BCUT2D eigenvalue weighted by atomic mass is 19.4. The molecule has 1 aromatic heterocycles. The van der Waals surface area contributed by atoms with Gasteiger partial charge in [0.05, 0.1) is 11.5 Å². The van der Waals surface area contributed by atoms with Gasteiger partial charge >= 0.3 is 12.1 Å². The molecule has 0 bridgehead atoms. The Labute approximate surface area is 178 Å². The minimum Gasteiger partial charge on any atom is -0.489 e. The van der Waals surface area contributed by atoms with E-state index < -0.39 is 23.6 Å². The van der Waals surface area contributed by atoms with E-state index in [1.54, 1.807) is 26.0 Å². The quantitative estimate of drug-likeness (QED) is 0.468. The molecule has 1 N–H and O–H groups in total. The predicted molar refractivity (Wildman–Crippen MR) is 110 cm³/mol. The summed E-state index contributed by atoms with van der Waals surface area (Å²) in [5.41, 5.74) is 2.53. The van der Waals surface area contributed by atoms with Crippen molar-refractivity contribution >= 4 is 5.97 Å². The van der Waals surface area contributed by atoms with Gasteiger partial charge in [-0.15, -0.1) is 0 Å². The Balaban J connectivity index is 1.68. The molecule has 0 aliphatic rings. The smallest absolute Gasteiger partial charge is 0.416 e. The zero-order chi connectivity index (χ0) is 22.8. The summed E-state index contributed by atoms with van der Waals surface area (Å²) < 4.78 is 49.8. The highest BCUT2D eigenvalue weighted by molar-refractivity contribution is 5.70. The molecule has 0 amide bonds. The molecule has 0 aliphatic carbocycles. The average molecular weight is 432 g/mol. The Morgan fingerprint density at radius 2 is 1.74 bits per heavy atom. The third-order valence-electron chi connectivity index (χ3n) is 5.17. The lowest BCUT2D eigenvalue weighted by molar-refractivity contribution is -0.141. The first-order valence-corrected chi connectivity index (χ1v) is 9.76. The van der Waals surface area contributed by atoms with Crippen LogP contribution in [0.5, 0.6) is 5.75 Å². The fourth-order valence-electron chi connectivity index (χ4n) is 3.19. The van der Waals surface area contributed by atoms with Crippen LogP contribution in [0.2, 0.25) is 0 Å². The van der Waals surface area contributed by atoms with E-state index >= 15 is 0 Å². The van der Waals surface area contributed by atoms with E-state index in [9.17, 15) is 18.0 Å². The Bertz CT molecular complexity index is 1070. The topological polar surface area (TPSA) is 59.7 Å². The molecule has 0 fully saturated rings. The maximum Gasteiger partial charge on any atom is 0.416 e. The number of rotatable bonds is 7. The molecular formula is C24H23F3O4. The third-order valence-corrected chi connectivity index (χ3v) is 5.17. The minimum absolute atomic E-state index is 0.236. The molecule has 2 aromatic carbocycles. The number of hydrogen-bond acceptors (Lipinski definition) is 3. The van der Waals surface area contributed by atoms with Gasteiger partial charge in [0.15, 0.2) is 0 Å². The molecule has 0 aliphatic heterocycles. The van der Waals surface area contributed by atoms with Crippen molar-refractivity contribution in [3.8, 4) is 17.1 Å². The zero-order valence-corrected chi connectivity index (χ0v) is 17.4. The van der Waals surface area contributed by atoms with Gasteiger partial charge in [-0.05, 0) is 61.7 Å². The third kappa shape index (κ3) is 5.48. The second-order valence-corrected chi connectivity index (χ2v) is 7.59. The number of aryl methyl sites for hydroxylation is 2. The highest BCUT2D eigenvalue weighted by Gasteiger charge is 2.30. The predicted octanol–water partition coefficient (Wildman–Crippen LogP) is 6.42. The number of carbonyl (C=O) groups is 1. The lowest BCUT2D eigenvalue weighted by Gasteiger charge is -2.12.